The Balaban J connectivity index is 2.76. The minimum absolute atomic E-state index is 0.806. The summed E-state index contributed by atoms with van der Waals surface area (Å²) in [5.41, 5.74) is 0. The maximum atomic E-state index is 10.5. The van der Waals surface area contributed by atoms with Gasteiger partial charge in [0.1, 0.15) is 18.3 Å². The van der Waals surface area contributed by atoms with Gasteiger partial charge < -0.3 is 25.2 Å². The second-order valence-electron chi connectivity index (χ2n) is 3.07. The van der Waals surface area contributed by atoms with Crippen LogP contribution in [-0.2, 0) is 9.53 Å². The minimum Gasteiger partial charge on any atom is -0.479 e. The molecular weight excluding hydrogens is 180 g/mol. The van der Waals surface area contributed by atoms with E-state index in [1.165, 1.54) is 6.92 Å². The number of rotatable bonds is 1. The fourth-order valence-electron chi connectivity index (χ4n) is 1.26. The molecule has 0 aromatic carbocycles. The van der Waals surface area contributed by atoms with Crippen LogP contribution in [0.4, 0.5) is 0 Å². The summed E-state index contributed by atoms with van der Waals surface area (Å²) < 4.78 is 4.78. The molecule has 6 nitrogen and oxygen atoms in total. The lowest BCUT2D eigenvalue weighted by Crippen LogP contribution is -2.58. The molecule has 1 aliphatic heterocycles. The number of aliphatic carboxylic acids is 1. The molecule has 1 aliphatic rings. The highest BCUT2D eigenvalue weighted by Crippen LogP contribution is 2.20. The molecule has 0 aromatic heterocycles. The molecular formula is C7H12O6. The van der Waals surface area contributed by atoms with Gasteiger partial charge in [-0.3, -0.25) is 0 Å². The second-order valence-corrected chi connectivity index (χ2v) is 3.07. The summed E-state index contributed by atoms with van der Waals surface area (Å²) in [5, 5.41) is 36.1. The largest absolute Gasteiger partial charge is 0.479 e. The molecule has 1 rings (SSSR count). The van der Waals surface area contributed by atoms with Gasteiger partial charge in [-0.2, -0.15) is 0 Å². The predicted octanol–water partition coefficient (Wildman–Crippen LogP) is -2.06. The fraction of sp³-hybridized carbons (Fsp3) is 0.857. The Morgan fingerprint density at radius 2 is 1.69 bits per heavy atom. The zero-order valence-corrected chi connectivity index (χ0v) is 6.99. The van der Waals surface area contributed by atoms with Crippen molar-refractivity contribution >= 4 is 5.97 Å². The quantitative estimate of drug-likeness (QED) is 0.380. The topological polar surface area (TPSA) is 107 Å². The van der Waals surface area contributed by atoms with Crippen LogP contribution in [0.3, 0.4) is 0 Å². The Morgan fingerprint density at radius 3 is 2.15 bits per heavy atom. The van der Waals surface area contributed by atoms with Crippen molar-refractivity contribution in [3.8, 4) is 0 Å². The SMILES string of the molecule is CC1O[C@H](C(=O)O)[C@@H](O)[C@H](O)[C@H]1O. The van der Waals surface area contributed by atoms with Crippen molar-refractivity contribution in [2.75, 3.05) is 0 Å². The van der Waals surface area contributed by atoms with Crippen LogP contribution in [-0.4, -0.2) is 56.9 Å². The highest BCUT2D eigenvalue weighted by molar-refractivity contribution is 5.73. The molecule has 5 atom stereocenters. The third-order valence-electron chi connectivity index (χ3n) is 2.10. The maximum absolute atomic E-state index is 10.5. The fourth-order valence-corrected chi connectivity index (χ4v) is 1.26. The number of carboxylic acids is 1. The molecule has 1 heterocycles. The van der Waals surface area contributed by atoms with Gasteiger partial charge in [-0.25, -0.2) is 4.79 Å². The highest BCUT2D eigenvalue weighted by Gasteiger charge is 2.44. The predicted molar refractivity (Wildman–Crippen MR) is 40.0 cm³/mol. The van der Waals surface area contributed by atoms with Crippen molar-refractivity contribution in [2.45, 2.75) is 37.4 Å². The Bertz CT molecular complexity index is 205. The second kappa shape index (κ2) is 3.59. The van der Waals surface area contributed by atoms with Crippen LogP contribution in [0.15, 0.2) is 0 Å². The van der Waals surface area contributed by atoms with E-state index in [1.54, 1.807) is 0 Å². The van der Waals surface area contributed by atoms with Crippen LogP contribution < -0.4 is 0 Å². The Kier molecular flexibility index (Phi) is 2.87. The number of carboxylic acid groups (broad SMARTS) is 1. The number of hydrogen-bond acceptors (Lipinski definition) is 5. The van der Waals surface area contributed by atoms with Crippen molar-refractivity contribution in [2.24, 2.45) is 0 Å². The molecule has 13 heavy (non-hydrogen) atoms. The van der Waals surface area contributed by atoms with Gasteiger partial charge in [0.2, 0.25) is 0 Å². The van der Waals surface area contributed by atoms with Crippen LogP contribution in [0.1, 0.15) is 6.92 Å². The van der Waals surface area contributed by atoms with E-state index >= 15 is 0 Å². The van der Waals surface area contributed by atoms with Crippen LogP contribution in [0.25, 0.3) is 0 Å². The van der Waals surface area contributed by atoms with Crippen molar-refractivity contribution in [1.29, 1.82) is 0 Å². The zero-order valence-electron chi connectivity index (χ0n) is 6.99. The molecule has 76 valence electrons. The third-order valence-corrected chi connectivity index (χ3v) is 2.10. The van der Waals surface area contributed by atoms with Crippen LogP contribution in [0.2, 0.25) is 0 Å². The normalized spacial score (nSPS) is 46.0. The van der Waals surface area contributed by atoms with Gasteiger partial charge >= 0.3 is 5.97 Å². The summed E-state index contributed by atoms with van der Waals surface area (Å²) in [4.78, 5) is 10.5. The smallest absolute Gasteiger partial charge is 0.335 e. The number of aliphatic hydroxyl groups excluding tert-OH is 3. The first kappa shape index (κ1) is 10.4. The number of ether oxygens (including phenoxy) is 1. The van der Waals surface area contributed by atoms with Gasteiger partial charge in [0, 0.05) is 0 Å². The molecule has 1 fully saturated rings. The van der Waals surface area contributed by atoms with E-state index in [0.717, 1.165) is 0 Å². The van der Waals surface area contributed by atoms with Crippen LogP contribution in [0, 0.1) is 0 Å². The molecule has 0 saturated carbocycles. The lowest BCUT2D eigenvalue weighted by molar-refractivity contribution is -0.223. The Morgan fingerprint density at radius 1 is 1.15 bits per heavy atom. The monoisotopic (exact) mass is 192 g/mol. The van der Waals surface area contributed by atoms with E-state index in [0.29, 0.717) is 0 Å². The van der Waals surface area contributed by atoms with Gasteiger partial charge in [-0.05, 0) is 6.92 Å². The van der Waals surface area contributed by atoms with Gasteiger partial charge in [0.15, 0.2) is 6.10 Å². The van der Waals surface area contributed by atoms with Gasteiger partial charge in [0.05, 0.1) is 6.10 Å². The average Bonchev–Trinajstić information content (AvgIpc) is 2.07. The van der Waals surface area contributed by atoms with E-state index < -0.39 is 36.5 Å². The third kappa shape index (κ3) is 1.80. The molecule has 0 radical (unpaired) electrons. The maximum Gasteiger partial charge on any atom is 0.335 e. The lowest BCUT2D eigenvalue weighted by atomic mass is 9.96. The molecule has 0 amide bonds. The first-order chi connectivity index (χ1) is 5.95. The van der Waals surface area contributed by atoms with Crippen molar-refractivity contribution < 1.29 is 30.0 Å². The van der Waals surface area contributed by atoms with E-state index in [1.807, 2.05) is 0 Å². The molecule has 1 unspecified atom stereocenters. The molecule has 6 heteroatoms. The zero-order chi connectivity index (χ0) is 10.2. The average molecular weight is 192 g/mol. The van der Waals surface area contributed by atoms with Crippen LogP contribution in [0.5, 0.6) is 0 Å². The van der Waals surface area contributed by atoms with E-state index in [9.17, 15) is 20.1 Å². The van der Waals surface area contributed by atoms with Gasteiger partial charge in [-0.1, -0.05) is 0 Å². The molecule has 4 N–H and O–H groups in total. The van der Waals surface area contributed by atoms with Crippen LogP contribution >= 0.6 is 0 Å². The number of aliphatic hydroxyl groups is 3. The van der Waals surface area contributed by atoms with E-state index in [-0.39, 0.29) is 0 Å². The van der Waals surface area contributed by atoms with Gasteiger partial charge in [0.25, 0.3) is 0 Å². The summed E-state index contributed by atoms with van der Waals surface area (Å²) in [7, 11) is 0. The first-order valence-corrected chi connectivity index (χ1v) is 3.87. The Labute approximate surface area is 74.4 Å². The van der Waals surface area contributed by atoms with Crippen molar-refractivity contribution in [1.82, 2.24) is 0 Å². The number of carbonyl (C=O) groups is 1. The summed E-state index contributed by atoms with van der Waals surface area (Å²) in [5.74, 6) is -1.36. The summed E-state index contributed by atoms with van der Waals surface area (Å²) in [6.45, 7) is 1.43. The summed E-state index contributed by atoms with van der Waals surface area (Å²) in [6.07, 6.45) is -6.62. The first-order valence-electron chi connectivity index (χ1n) is 3.87. The van der Waals surface area contributed by atoms with E-state index in [4.69, 9.17) is 9.84 Å². The molecule has 0 bridgehead atoms. The van der Waals surface area contributed by atoms with E-state index in [2.05, 4.69) is 0 Å². The molecule has 0 aliphatic carbocycles. The molecule has 1 saturated heterocycles. The highest BCUT2D eigenvalue weighted by atomic mass is 16.6. The van der Waals surface area contributed by atoms with Crippen molar-refractivity contribution in [3.05, 3.63) is 0 Å². The van der Waals surface area contributed by atoms with Crippen molar-refractivity contribution in [3.63, 3.8) is 0 Å². The Hall–Kier alpha value is -0.690. The molecule has 0 aromatic rings. The minimum atomic E-state index is -1.59. The summed E-state index contributed by atoms with van der Waals surface area (Å²) >= 11 is 0. The standard InChI is InChI=1S/C7H12O6/c1-2-3(8)4(9)5(10)6(13-2)7(11)12/h2-6,8-10H,1H3,(H,11,12)/t2?,3-,4+,5-,6-/m0/s1. The number of hydrogen-bond donors (Lipinski definition) is 4. The summed E-state index contributed by atoms with van der Waals surface area (Å²) in [6, 6.07) is 0. The van der Waals surface area contributed by atoms with Gasteiger partial charge in [-0.15, -0.1) is 0 Å². The molecule has 0 spiro atoms. The lowest BCUT2D eigenvalue weighted by Gasteiger charge is -2.37.